The summed E-state index contributed by atoms with van der Waals surface area (Å²) in [5.74, 6) is -2.38. The Bertz CT molecular complexity index is 892. The molecule has 4 nitrogen and oxygen atoms in total. The Morgan fingerprint density at radius 3 is 2.67 bits per heavy atom. The van der Waals surface area contributed by atoms with Crippen molar-refractivity contribution >= 4 is 16.8 Å². The van der Waals surface area contributed by atoms with Crippen LogP contribution in [0, 0.1) is 11.6 Å². The number of H-pyrrole nitrogens is 1. The molecule has 3 rings (SSSR count). The number of amides is 1. The van der Waals surface area contributed by atoms with Gasteiger partial charge in [0.05, 0.1) is 12.1 Å². The van der Waals surface area contributed by atoms with E-state index >= 15 is 0 Å². The molecule has 2 unspecified atom stereocenters. The van der Waals surface area contributed by atoms with Crippen molar-refractivity contribution in [2.75, 3.05) is 0 Å². The average molecular weight is 330 g/mol. The first kappa shape index (κ1) is 16.1. The van der Waals surface area contributed by atoms with Gasteiger partial charge < -0.3 is 15.4 Å². The predicted octanol–water partition coefficient (Wildman–Crippen LogP) is 3.30. The van der Waals surface area contributed by atoms with E-state index in [1.807, 2.05) is 12.1 Å². The number of aliphatic hydroxyl groups excluding tert-OH is 1. The monoisotopic (exact) mass is 330 g/mol. The highest BCUT2D eigenvalue weighted by Gasteiger charge is 2.20. The second-order valence-corrected chi connectivity index (χ2v) is 5.66. The van der Waals surface area contributed by atoms with Gasteiger partial charge >= 0.3 is 0 Å². The van der Waals surface area contributed by atoms with Crippen molar-refractivity contribution in [3.8, 4) is 0 Å². The summed E-state index contributed by atoms with van der Waals surface area (Å²) < 4.78 is 26.2. The second-order valence-electron chi connectivity index (χ2n) is 5.66. The van der Waals surface area contributed by atoms with Crippen LogP contribution < -0.4 is 5.32 Å². The standard InChI is InChI=1S/C18H16F2N2O2/c1-10(17(23)12-4-5-14(19)15(20)8-12)22-18(24)13-3-2-11-6-7-21-16(11)9-13/h2-10,17,21,23H,1H3,(H,22,24). The van der Waals surface area contributed by atoms with Crippen molar-refractivity contribution in [1.82, 2.24) is 10.3 Å². The minimum Gasteiger partial charge on any atom is -0.386 e. The molecule has 0 fully saturated rings. The topological polar surface area (TPSA) is 65.1 Å². The van der Waals surface area contributed by atoms with Gasteiger partial charge in [-0.3, -0.25) is 4.79 Å². The van der Waals surface area contributed by atoms with Crippen LogP contribution in [0.5, 0.6) is 0 Å². The summed E-state index contributed by atoms with van der Waals surface area (Å²) in [5.41, 5.74) is 1.47. The zero-order valence-corrected chi connectivity index (χ0v) is 12.9. The molecule has 0 bridgehead atoms. The van der Waals surface area contributed by atoms with Crippen LogP contribution in [-0.2, 0) is 0 Å². The summed E-state index contributed by atoms with van der Waals surface area (Å²) in [6.07, 6.45) is 0.625. The summed E-state index contributed by atoms with van der Waals surface area (Å²) in [6, 6.07) is 9.58. The van der Waals surface area contributed by atoms with Crippen LogP contribution in [0.15, 0.2) is 48.7 Å². The molecule has 124 valence electrons. The highest BCUT2D eigenvalue weighted by atomic mass is 19.2. The van der Waals surface area contributed by atoms with E-state index in [2.05, 4.69) is 10.3 Å². The maximum absolute atomic E-state index is 13.3. The number of aliphatic hydroxyl groups is 1. The molecular weight excluding hydrogens is 314 g/mol. The quantitative estimate of drug-likeness (QED) is 0.687. The minimum absolute atomic E-state index is 0.196. The third-order valence-electron chi connectivity index (χ3n) is 3.93. The number of halogens is 2. The zero-order chi connectivity index (χ0) is 17.3. The van der Waals surface area contributed by atoms with Gasteiger partial charge in [0.15, 0.2) is 11.6 Å². The van der Waals surface area contributed by atoms with Crippen molar-refractivity contribution in [3.63, 3.8) is 0 Å². The van der Waals surface area contributed by atoms with E-state index in [9.17, 15) is 18.7 Å². The number of aromatic nitrogens is 1. The lowest BCUT2D eigenvalue weighted by molar-refractivity contribution is 0.0851. The molecule has 3 N–H and O–H groups in total. The minimum atomic E-state index is -1.15. The van der Waals surface area contributed by atoms with E-state index < -0.39 is 23.8 Å². The molecule has 0 aliphatic rings. The molecule has 6 heteroatoms. The molecule has 1 amide bonds. The summed E-state index contributed by atoms with van der Waals surface area (Å²) in [6.45, 7) is 1.59. The van der Waals surface area contributed by atoms with Gasteiger partial charge in [-0.25, -0.2) is 8.78 Å². The average Bonchev–Trinajstić information content (AvgIpc) is 3.04. The molecule has 3 aromatic rings. The zero-order valence-electron chi connectivity index (χ0n) is 12.9. The van der Waals surface area contributed by atoms with Crippen molar-refractivity contribution in [3.05, 3.63) is 71.4 Å². The fourth-order valence-corrected chi connectivity index (χ4v) is 2.54. The van der Waals surface area contributed by atoms with Gasteiger partial charge in [0.1, 0.15) is 0 Å². The Labute approximate surface area is 137 Å². The molecule has 2 aromatic carbocycles. The molecule has 0 aliphatic heterocycles. The van der Waals surface area contributed by atoms with Crippen LogP contribution in [0.3, 0.4) is 0 Å². The molecule has 1 heterocycles. The number of aromatic amines is 1. The predicted molar refractivity (Wildman–Crippen MR) is 86.5 cm³/mol. The number of hydrogen-bond donors (Lipinski definition) is 3. The summed E-state index contributed by atoms with van der Waals surface area (Å²) in [5, 5.41) is 13.9. The van der Waals surface area contributed by atoms with Crippen molar-refractivity contribution in [1.29, 1.82) is 0 Å². The normalized spacial score (nSPS) is 13.7. The smallest absolute Gasteiger partial charge is 0.251 e. The number of carbonyl (C=O) groups excluding carboxylic acids is 1. The van der Waals surface area contributed by atoms with Crippen LogP contribution in [0.2, 0.25) is 0 Å². The first-order chi connectivity index (χ1) is 11.5. The molecule has 0 spiro atoms. The summed E-state index contributed by atoms with van der Waals surface area (Å²) in [7, 11) is 0. The third-order valence-corrected chi connectivity index (χ3v) is 3.93. The van der Waals surface area contributed by atoms with Gasteiger partial charge in [0.2, 0.25) is 0 Å². The number of carbonyl (C=O) groups is 1. The fourth-order valence-electron chi connectivity index (χ4n) is 2.54. The SMILES string of the molecule is CC(NC(=O)c1ccc2cc[nH]c2c1)C(O)c1ccc(F)c(F)c1. The number of hydrogen-bond acceptors (Lipinski definition) is 2. The van der Waals surface area contributed by atoms with Crippen LogP contribution in [0.4, 0.5) is 8.78 Å². The molecule has 1 aromatic heterocycles. The highest BCUT2D eigenvalue weighted by molar-refractivity contribution is 5.98. The lowest BCUT2D eigenvalue weighted by atomic mass is 10.0. The molecule has 2 atom stereocenters. The summed E-state index contributed by atoms with van der Waals surface area (Å²) in [4.78, 5) is 15.3. The summed E-state index contributed by atoms with van der Waals surface area (Å²) >= 11 is 0. The largest absolute Gasteiger partial charge is 0.386 e. The number of nitrogens with one attached hydrogen (secondary N) is 2. The van der Waals surface area contributed by atoms with E-state index in [1.165, 1.54) is 6.07 Å². The van der Waals surface area contributed by atoms with Crippen LogP contribution in [0.1, 0.15) is 28.9 Å². The molecule has 0 saturated carbocycles. The Hall–Kier alpha value is -2.73. The van der Waals surface area contributed by atoms with Gasteiger partial charge in [-0.15, -0.1) is 0 Å². The maximum atomic E-state index is 13.3. The van der Waals surface area contributed by atoms with Gasteiger partial charge in [0, 0.05) is 17.3 Å². The van der Waals surface area contributed by atoms with Gasteiger partial charge in [-0.2, -0.15) is 0 Å². The van der Waals surface area contributed by atoms with E-state index in [1.54, 1.807) is 25.3 Å². The Kier molecular flexibility index (Phi) is 4.31. The molecular formula is C18H16F2N2O2. The number of benzene rings is 2. The Morgan fingerprint density at radius 1 is 1.12 bits per heavy atom. The van der Waals surface area contributed by atoms with Crippen LogP contribution >= 0.6 is 0 Å². The van der Waals surface area contributed by atoms with Gasteiger partial charge in [-0.1, -0.05) is 12.1 Å². The van der Waals surface area contributed by atoms with Crippen LogP contribution in [0.25, 0.3) is 10.9 Å². The highest BCUT2D eigenvalue weighted by Crippen LogP contribution is 2.20. The van der Waals surface area contributed by atoms with Gasteiger partial charge in [-0.05, 0) is 48.2 Å². The molecule has 0 aliphatic carbocycles. The van der Waals surface area contributed by atoms with Crippen molar-refractivity contribution in [2.24, 2.45) is 0 Å². The van der Waals surface area contributed by atoms with E-state index in [0.717, 1.165) is 23.0 Å². The van der Waals surface area contributed by atoms with E-state index in [0.29, 0.717) is 5.56 Å². The lowest BCUT2D eigenvalue weighted by Gasteiger charge is -2.21. The number of rotatable bonds is 4. The van der Waals surface area contributed by atoms with E-state index in [4.69, 9.17) is 0 Å². The Morgan fingerprint density at radius 2 is 1.92 bits per heavy atom. The second kappa shape index (κ2) is 6.41. The molecule has 24 heavy (non-hydrogen) atoms. The Balaban J connectivity index is 1.73. The third kappa shape index (κ3) is 3.14. The first-order valence-corrected chi connectivity index (χ1v) is 7.47. The lowest BCUT2D eigenvalue weighted by Crippen LogP contribution is -2.37. The van der Waals surface area contributed by atoms with Crippen LogP contribution in [-0.4, -0.2) is 22.0 Å². The van der Waals surface area contributed by atoms with E-state index in [-0.39, 0.29) is 11.5 Å². The maximum Gasteiger partial charge on any atom is 0.251 e. The van der Waals surface area contributed by atoms with Gasteiger partial charge in [0.25, 0.3) is 5.91 Å². The molecule has 0 saturated heterocycles. The molecule has 0 radical (unpaired) electrons. The van der Waals surface area contributed by atoms with Crippen molar-refractivity contribution in [2.45, 2.75) is 19.1 Å². The fraction of sp³-hybridized carbons (Fsp3) is 0.167. The first-order valence-electron chi connectivity index (χ1n) is 7.47. The van der Waals surface area contributed by atoms with Crippen molar-refractivity contribution < 1.29 is 18.7 Å². The number of fused-ring (bicyclic) bond motifs is 1.